The van der Waals surface area contributed by atoms with Gasteiger partial charge in [-0.15, -0.1) is 0 Å². The molecule has 0 bridgehead atoms. The number of oxime groups is 1. The predicted octanol–water partition coefficient (Wildman–Crippen LogP) is 0.132. The van der Waals surface area contributed by atoms with Crippen LogP contribution in [0.1, 0.15) is 32.6 Å². The van der Waals surface area contributed by atoms with Gasteiger partial charge in [0.1, 0.15) is 0 Å². The fourth-order valence-electron chi connectivity index (χ4n) is 1.87. The molecule has 1 rings (SSSR count). The summed E-state index contributed by atoms with van der Waals surface area (Å²) in [5.74, 6) is -0.805. The van der Waals surface area contributed by atoms with Crippen LogP contribution < -0.4 is 5.73 Å². The Hall–Kier alpha value is -1.30. The number of nitrogens with zero attached hydrogens (tertiary/aromatic N) is 2. The van der Waals surface area contributed by atoms with E-state index in [0.717, 1.165) is 19.3 Å². The van der Waals surface area contributed by atoms with Crippen LogP contribution in [0.3, 0.4) is 0 Å². The Morgan fingerprint density at radius 1 is 1.59 bits per heavy atom. The molecule has 98 valence electrons. The molecule has 1 unspecified atom stereocenters. The molecule has 6 heteroatoms. The quantitative estimate of drug-likeness (QED) is 0.267. The number of amidine groups is 1. The van der Waals surface area contributed by atoms with Crippen molar-refractivity contribution in [1.82, 2.24) is 4.90 Å². The van der Waals surface area contributed by atoms with Crippen LogP contribution in [-0.2, 0) is 4.79 Å². The Morgan fingerprint density at radius 3 is 2.65 bits per heavy atom. The lowest BCUT2D eigenvalue weighted by molar-refractivity contribution is -0.137. The highest BCUT2D eigenvalue weighted by atomic mass is 16.4. The number of nitrogens with two attached hydrogens (primary N) is 1. The molecule has 0 aliphatic heterocycles. The van der Waals surface area contributed by atoms with Gasteiger partial charge in [0.25, 0.3) is 0 Å². The van der Waals surface area contributed by atoms with E-state index in [-0.39, 0.29) is 24.4 Å². The molecule has 1 aliphatic rings. The van der Waals surface area contributed by atoms with E-state index < -0.39 is 5.92 Å². The smallest absolute Gasteiger partial charge is 0.233 e. The fraction of sp³-hybridized carbons (Fsp3) is 0.818. The first-order chi connectivity index (χ1) is 8.11. The molecule has 0 saturated heterocycles. The normalized spacial score (nSPS) is 18.6. The van der Waals surface area contributed by atoms with Crippen LogP contribution in [0, 0.1) is 5.92 Å². The third-order valence-electron chi connectivity index (χ3n) is 3.29. The first-order valence-corrected chi connectivity index (χ1v) is 6.00. The van der Waals surface area contributed by atoms with Crippen molar-refractivity contribution < 1.29 is 15.1 Å². The SMILES string of the molecule is CC(C(=O)N(CCCO)C1CCC1)C(N)=NO. The highest BCUT2D eigenvalue weighted by Gasteiger charge is 2.32. The van der Waals surface area contributed by atoms with Gasteiger partial charge in [0.15, 0.2) is 5.84 Å². The van der Waals surface area contributed by atoms with E-state index in [4.69, 9.17) is 16.0 Å². The van der Waals surface area contributed by atoms with Gasteiger partial charge in [-0.25, -0.2) is 0 Å². The first kappa shape index (κ1) is 13.8. The summed E-state index contributed by atoms with van der Waals surface area (Å²) in [5, 5.41) is 20.3. The summed E-state index contributed by atoms with van der Waals surface area (Å²) < 4.78 is 0. The Morgan fingerprint density at radius 2 is 2.24 bits per heavy atom. The minimum Gasteiger partial charge on any atom is -0.409 e. The maximum atomic E-state index is 12.2. The number of aliphatic hydroxyl groups is 1. The molecule has 4 N–H and O–H groups in total. The first-order valence-electron chi connectivity index (χ1n) is 6.00. The standard InChI is InChI=1S/C11H21N3O3/c1-8(10(12)13-17)11(16)14(6-3-7-15)9-4-2-5-9/h8-9,15,17H,2-7H2,1H3,(H2,12,13). The van der Waals surface area contributed by atoms with Crippen molar-refractivity contribution in [3.63, 3.8) is 0 Å². The second-order valence-corrected chi connectivity index (χ2v) is 4.44. The predicted molar refractivity (Wildman–Crippen MR) is 63.6 cm³/mol. The summed E-state index contributed by atoms with van der Waals surface area (Å²) >= 11 is 0. The van der Waals surface area contributed by atoms with Crippen molar-refractivity contribution in [2.24, 2.45) is 16.8 Å². The van der Waals surface area contributed by atoms with Crippen molar-refractivity contribution in [1.29, 1.82) is 0 Å². The van der Waals surface area contributed by atoms with Crippen LogP contribution in [0.2, 0.25) is 0 Å². The molecule has 0 radical (unpaired) electrons. The maximum Gasteiger partial charge on any atom is 0.233 e. The molecule has 1 atom stereocenters. The van der Waals surface area contributed by atoms with E-state index in [1.807, 2.05) is 0 Å². The second-order valence-electron chi connectivity index (χ2n) is 4.44. The van der Waals surface area contributed by atoms with Crippen molar-refractivity contribution in [3.8, 4) is 0 Å². The molecule has 6 nitrogen and oxygen atoms in total. The van der Waals surface area contributed by atoms with Crippen molar-refractivity contribution in [3.05, 3.63) is 0 Å². The van der Waals surface area contributed by atoms with Crippen LogP contribution >= 0.6 is 0 Å². The van der Waals surface area contributed by atoms with Crippen molar-refractivity contribution in [2.45, 2.75) is 38.6 Å². The summed E-state index contributed by atoms with van der Waals surface area (Å²) in [4.78, 5) is 13.9. The molecule has 1 amide bonds. The van der Waals surface area contributed by atoms with E-state index >= 15 is 0 Å². The third-order valence-corrected chi connectivity index (χ3v) is 3.29. The largest absolute Gasteiger partial charge is 0.409 e. The number of carbonyl (C=O) groups is 1. The zero-order valence-corrected chi connectivity index (χ0v) is 10.2. The molecule has 0 aromatic carbocycles. The Labute approximate surface area is 101 Å². The molecular weight excluding hydrogens is 222 g/mol. The summed E-state index contributed by atoms with van der Waals surface area (Å²) in [5.41, 5.74) is 5.45. The molecule has 1 fully saturated rings. The monoisotopic (exact) mass is 243 g/mol. The molecule has 1 saturated carbocycles. The van der Waals surface area contributed by atoms with Gasteiger partial charge >= 0.3 is 0 Å². The van der Waals surface area contributed by atoms with E-state index in [1.54, 1.807) is 11.8 Å². The average molecular weight is 243 g/mol. The van der Waals surface area contributed by atoms with E-state index in [1.165, 1.54) is 0 Å². The van der Waals surface area contributed by atoms with Gasteiger partial charge in [-0.2, -0.15) is 0 Å². The number of amides is 1. The minimum atomic E-state index is -0.612. The number of rotatable bonds is 6. The van der Waals surface area contributed by atoms with Crippen LogP contribution in [-0.4, -0.2) is 46.1 Å². The lowest BCUT2D eigenvalue weighted by atomic mass is 9.90. The number of carbonyl (C=O) groups excluding carboxylic acids is 1. The lowest BCUT2D eigenvalue weighted by Crippen LogP contribution is -2.49. The number of hydrogen-bond donors (Lipinski definition) is 3. The van der Waals surface area contributed by atoms with Gasteiger partial charge in [0.2, 0.25) is 5.91 Å². The van der Waals surface area contributed by atoms with Gasteiger partial charge in [0, 0.05) is 19.2 Å². The zero-order valence-electron chi connectivity index (χ0n) is 10.2. The summed E-state index contributed by atoms with van der Waals surface area (Å²) in [7, 11) is 0. The molecule has 0 aromatic heterocycles. The maximum absolute atomic E-state index is 12.2. The van der Waals surface area contributed by atoms with Gasteiger partial charge in [-0.1, -0.05) is 5.16 Å². The molecule has 0 spiro atoms. The van der Waals surface area contributed by atoms with Crippen molar-refractivity contribution >= 4 is 11.7 Å². The van der Waals surface area contributed by atoms with Crippen LogP contribution in [0.5, 0.6) is 0 Å². The van der Waals surface area contributed by atoms with Crippen molar-refractivity contribution in [2.75, 3.05) is 13.2 Å². The summed E-state index contributed by atoms with van der Waals surface area (Å²) in [6.45, 7) is 2.22. The molecule has 0 aromatic rings. The highest BCUT2D eigenvalue weighted by Crippen LogP contribution is 2.26. The summed E-state index contributed by atoms with van der Waals surface area (Å²) in [6.07, 6.45) is 3.69. The number of hydrogen-bond acceptors (Lipinski definition) is 4. The minimum absolute atomic E-state index is 0.0639. The zero-order chi connectivity index (χ0) is 12.8. The topological polar surface area (TPSA) is 99.2 Å². The lowest BCUT2D eigenvalue weighted by Gasteiger charge is -2.38. The van der Waals surface area contributed by atoms with Gasteiger partial charge in [0.05, 0.1) is 5.92 Å². The van der Waals surface area contributed by atoms with Crippen LogP contribution in [0.15, 0.2) is 5.16 Å². The Balaban J connectivity index is 2.64. The number of aliphatic hydroxyl groups excluding tert-OH is 1. The molecular formula is C11H21N3O3. The average Bonchev–Trinajstić information content (AvgIpc) is 2.28. The van der Waals surface area contributed by atoms with Gasteiger partial charge < -0.3 is 20.9 Å². The van der Waals surface area contributed by atoms with Gasteiger partial charge in [-0.3, -0.25) is 4.79 Å². The van der Waals surface area contributed by atoms with Gasteiger partial charge in [-0.05, 0) is 32.6 Å². The second kappa shape index (κ2) is 6.44. The van der Waals surface area contributed by atoms with E-state index in [2.05, 4.69) is 5.16 Å². The Kier molecular flexibility index (Phi) is 5.21. The highest BCUT2D eigenvalue weighted by molar-refractivity contribution is 6.01. The molecule has 1 aliphatic carbocycles. The molecule has 17 heavy (non-hydrogen) atoms. The molecule has 0 heterocycles. The fourth-order valence-corrected chi connectivity index (χ4v) is 1.87. The van der Waals surface area contributed by atoms with Crippen LogP contribution in [0.25, 0.3) is 0 Å². The van der Waals surface area contributed by atoms with Crippen LogP contribution in [0.4, 0.5) is 0 Å². The van der Waals surface area contributed by atoms with E-state index in [9.17, 15) is 4.79 Å². The third kappa shape index (κ3) is 3.33. The van der Waals surface area contributed by atoms with E-state index in [0.29, 0.717) is 13.0 Å². The summed E-state index contributed by atoms with van der Waals surface area (Å²) in [6, 6.07) is 0.253. The Bertz CT molecular complexity index is 290.